The van der Waals surface area contributed by atoms with Gasteiger partial charge < -0.3 is 10.0 Å². The Labute approximate surface area is 317 Å². The molecular weight excluding hydrogens is 681 g/mol. The van der Waals surface area contributed by atoms with Gasteiger partial charge in [-0.2, -0.15) is 5.26 Å². The molecule has 0 saturated heterocycles. The summed E-state index contributed by atoms with van der Waals surface area (Å²) in [6.07, 6.45) is 10.4. The van der Waals surface area contributed by atoms with Gasteiger partial charge in [0.15, 0.2) is 0 Å². The summed E-state index contributed by atoms with van der Waals surface area (Å²) in [7, 11) is 0. The molecule has 7 aromatic rings. The number of carbonyl (C=O) groups is 1. The number of nitriles is 1. The number of carboxylic acids is 1. The van der Waals surface area contributed by atoms with Gasteiger partial charge in [-0.15, -0.1) is 11.3 Å². The number of fused-ring (bicyclic) bond motifs is 11. The monoisotopic (exact) mass is 710 g/mol. The average molecular weight is 711 g/mol. The van der Waals surface area contributed by atoms with Crippen LogP contribution in [0.5, 0.6) is 0 Å². The fourth-order valence-electron chi connectivity index (χ4n) is 8.59. The van der Waals surface area contributed by atoms with E-state index in [4.69, 9.17) is 0 Å². The van der Waals surface area contributed by atoms with Crippen LogP contribution in [0, 0.1) is 11.3 Å². The van der Waals surface area contributed by atoms with Crippen molar-refractivity contribution in [3.63, 3.8) is 0 Å². The highest BCUT2D eigenvalue weighted by molar-refractivity contribution is 7.16. The van der Waals surface area contributed by atoms with Crippen LogP contribution in [0.1, 0.15) is 49.4 Å². The number of rotatable bonds is 4. The summed E-state index contributed by atoms with van der Waals surface area (Å²) in [5.74, 6) is -1.23. The van der Waals surface area contributed by atoms with Crippen molar-refractivity contribution in [2.24, 2.45) is 0 Å². The number of hydrogen-bond donors (Lipinski definition) is 1. The summed E-state index contributed by atoms with van der Waals surface area (Å²) in [6.45, 7) is 0. The Bertz CT molecular complexity index is 2750. The number of carboxylic acid groups (broad SMARTS) is 1. The summed E-state index contributed by atoms with van der Waals surface area (Å²) in [5, 5.41) is 18.9. The van der Waals surface area contributed by atoms with Gasteiger partial charge in [0, 0.05) is 15.4 Å². The molecule has 0 fully saturated rings. The smallest absolute Gasteiger partial charge is 0.346 e. The molecule has 2 heterocycles. The van der Waals surface area contributed by atoms with Gasteiger partial charge in [-0.25, -0.2) is 4.79 Å². The molecule has 6 aromatic carbocycles. The lowest BCUT2D eigenvalue weighted by Gasteiger charge is -2.37. The lowest BCUT2D eigenvalue weighted by molar-refractivity contribution is -0.132. The second-order valence-corrected chi connectivity index (χ2v) is 14.8. The van der Waals surface area contributed by atoms with Crippen molar-refractivity contribution in [2.75, 3.05) is 4.90 Å². The molecule has 0 atom stereocenters. The average Bonchev–Trinajstić information content (AvgIpc) is 3.71. The molecule has 1 spiro atoms. The Morgan fingerprint density at radius 1 is 0.611 bits per heavy atom. The minimum absolute atomic E-state index is 0.286. The first-order valence-corrected chi connectivity index (χ1v) is 18.6. The molecular formula is C49H30N2O2S. The molecule has 54 heavy (non-hydrogen) atoms. The maximum absolute atomic E-state index is 11.6. The Kier molecular flexibility index (Phi) is 7.23. The summed E-state index contributed by atoms with van der Waals surface area (Å²) in [5.41, 5.74) is 15.3. The Morgan fingerprint density at radius 3 is 1.80 bits per heavy atom. The first kappa shape index (κ1) is 31.7. The zero-order valence-electron chi connectivity index (χ0n) is 28.9. The summed E-state index contributed by atoms with van der Waals surface area (Å²) in [6, 6.07) is 54.1. The second kappa shape index (κ2) is 12.3. The lowest BCUT2D eigenvalue weighted by Crippen LogP contribution is -2.30. The van der Waals surface area contributed by atoms with Crippen LogP contribution >= 0.6 is 11.3 Å². The topological polar surface area (TPSA) is 64.3 Å². The van der Waals surface area contributed by atoms with E-state index < -0.39 is 11.4 Å². The molecule has 0 radical (unpaired) electrons. The van der Waals surface area contributed by atoms with Crippen molar-refractivity contribution in [1.82, 2.24) is 0 Å². The summed E-state index contributed by atoms with van der Waals surface area (Å²) in [4.78, 5) is 15.7. The van der Waals surface area contributed by atoms with Gasteiger partial charge in [-0.1, -0.05) is 127 Å². The van der Waals surface area contributed by atoms with Crippen LogP contribution < -0.4 is 4.90 Å². The van der Waals surface area contributed by atoms with E-state index in [-0.39, 0.29) is 5.57 Å². The van der Waals surface area contributed by atoms with Crippen molar-refractivity contribution in [3.05, 3.63) is 201 Å². The molecule has 4 nitrogen and oxygen atoms in total. The van der Waals surface area contributed by atoms with E-state index in [0.717, 1.165) is 49.8 Å². The minimum atomic E-state index is -1.23. The van der Waals surface area contributed by atoms with Crippen LogP contribution in [0.25, 0.3) is 51.9 Å². The van der Waals surface area contributed by atoms with Crippen molar-refractivity contribution in [2.45, 2.75) is 5.41 Å². The second-order valence-electron chi connectivity index (χ2n) is 13.7. The number of para-hydroxylation sites is 2. The highest BCUT2D eigenvalue weighted by atomic mass is 32.1. The maximum Gasteiger partial charge on any atom is 0.346 e. The lowest BCUT2D eigenvalue weighted by atomic mass is 9.65. The molecule has 1 aliphatic heterocycles. The van der Waals surface area contributed by atoms with Crippen molar-refractivity contribution in [3.8, 4) is 27.6 Å². The van der Waals surface area contributed by atoms with Crippen molar-refractivity contribution in [1.29, 1.82) is 5.26 Å². The molecule has 0 saturated carbocycles. The largest absolute Gasteiger partial charge is 0.477 e. The van der Waals surface area contributed by atoms with E-state index in [1.54, 1.807) is 6.07 Å². The summed E-state index contributed by atoms with van der Waals surface area (Å²) >= 11 is 1.48. The first-order chi connectivity index (χ1) is 26.5. The number of nitrogens with zero attached hydrogens (tertiary/aromatic N) is 2. The molecule has 0 unspecified atom stereocenters. The van der Waals surface area contributed by atoms with E-state index in [2.05, 4.69) is 163 Å². The third kappa shape index (κ3) is 4.71. The normalized spacial score (nSPS) is 14.1. The van der Waals surface area contributed by atoms with Crippen LogP contribution in [-0.4, -0.2) is 11.1 Å². The number of thiophene rings is 1. The van der Waals surface area contributed by atoms with Crippen LogP contribution in [0.15, 0.2) is 151 Å². The molecule has 5 heteroatoms. The zero-order chi connectivity index (χ0) is 36.4. The Balaban J connectivity index is 1.25. The summed E-state index contributed by atoms with van der Waals surface area (Å²) < 4.78 is 0. The highest BCUT2D eigenvalue weighted by Crippen LogP contribution is 2.59. The van der Waals surface area contributed by atoms with Gasteiger partial charge >= 0.3 is 5.97 Å². The Morgan fingerprint density at radius 2 is 1.17 bits per heavy atom. The van der Waals surface area contributed by atoms with Gasteiger partial charge in [0.25, 0.3) is 0 Å². The van der Waals surface area contributed by atoms with Crippen molar-refractivity contribution >= 4 is 64.7 Å². The third-order valence-electron chi connectivity index (χ3n) is 10.9. The zero-order valence-corrected chi connectivity index (χ0v) is 29.7. The van der Waals surface area contributed by atoms with E-state index in [1.165, 1.54) is 50.8 Å². The number of hydrogen-bond acceptors (Lipinski definition) is 4. The molecule has 2 aliphatic carbocycles. The van der Waals surface area contributed by atoms with Crippen LogP contribution in [-0.2, 0) is 10.2 Å². The fourth-order valence-corrected chi connectivity index (χ4v) is 9.54. The predicted molar refractivity (Wildman–Crippen MR) is 221 cm³/mol. The standard InChI is InChI=1S/C49H30N2O2S/c50-30-36(48(52)53)27-38-25-26-47(54-38)35-22-19-31-17-18-32-23-24-37(51-45-15-7-1-9-33(45)20-21-34-10-2-8-16-46(34)51)29-44(32)49(43(31)28-35)41-13-5-3-11-39(41)40-12-4-6-14-42(40)49/h1-29H,(H,52,53)/b36-27+. The number of anilines is 3. The van der Waals surface area contributed by atoms with Gasteiger partial charge in [0.2, 0.25) is 0 Å². The minimum Gasteiger partial charge on any atom is -0.477 e. The molecule has 1 N–H and O–H groups in total. The van der Waals surface area contributed by atoms with E-state index in [1.807, 2.05) is 12.1 Å². The van der Waals surface area contributed by atoms with E-state index >= 15 is 0 Å². The maximum atomic E-state index is 11.6. The van der Waals surface area contributed by atoms with Gasteiger partial charge in [0.05, 0.1) is 16.8 Å². The first-order valence-electron chi connectivity index (χ1n) is 17.8. The molecule has 0 amide bonds. The molecule has 0 bridgehead atoms. The van der Waals surface area contributed by atoms with Crippen LogP contribution in [0.2, 0.25) is 0 Å². The third-order valence-corrected chi connectivity index (χ3v) is 12.0. The van der Waals surface area contributed by atoms with Gasteiger partial charge in [0.1, 0.15) is 11.6 Å². The quantitative estimate of drug-likeness (QED) is 0.146. The van der Waals surface area contributed by atoms with Gasteiger partial charge in [-0.3, -0.25) is 0 Å². The fraction of sp³-hybridized carbons (Fsp3) is 0.0204. The van der Waals surface area contributed by atoms with E-state index in [9.17, 15) is 15.2 Å². The predicted octanol–water partition coefficient (Wildman–Crippen LogP) is 12.2. The Hall–Kier alpha value is -7.00. The molecule has 10 rings (SSSR count). The van der Waals surface area contributed by atoms with Crippen molar-refractivity contribution < 1.29 is 9.90 Å². The van der Waals surface area contributed by atoms with Crippen LogP contribution in [0.4, 0.5) is 17.1 Å². The number of aliphatic carboxylic acids is 1. The highest BCUT2D eigenvalue weighted by Gasteiger charge is 2.48. The molecule has 254 valence electrons. The van der Waals surface area contributed by atoms with E-state index in [0.29, 0.717) is 4.88 Å². The molecule has 1 aromatic heterocycles. The number of benzene rings is 6. The molecule has 3 aliphatic rings. The SMILES string of the molecule is N#C/C(=C\c1ccc(-c2ccc3c(c2)C2(c4cc(N5c6ccccc6C=Cc6ccccc65)ccc4C=C3)c3ccccc3-c3ccccc32)s1)C(=O)O. The van der Waals surface area contributed by atoms with Gasteiger partial charge in [-0.05, 0) is 110 Å². The van der Waals surface area contributed by atoms with Crippen LogP contribution in [0.3, 0.4) is 0 Å².